The Morgan fingerprint density at radius 1 is 1.35 bits per heavy atom. The van der Waals surface area contributed by atoms with Crippen molar-refractivity contribution < 1.29 is 9.90 Å². The zero-order valence-electron chi connectivity index (χ0n) is 14.4. The van der Waals surface area contributed by atoms with Gasteiger partial charge in [-0.2, -0.15) is 0 Å². The third kappa shape index (κ3) is 2.29. The minimum Gasteiger partial charge on any atom is -0.388 e. The molecule has 0 bridgehead atoms. The second-order valence-corrected chi connectivity index (χ2v) is 7.51. The van der Waals surface area contributed by atoms with Crippen molar-refractivity contribution in [3.63, 3.8) is 0 Å². The second kappa shape index (κ2) is 5.13. The number of Topliss-reactive ketones (excluding diaryl/α,β-unsaturated/α-hetero) is 1. The van der Waals surface area contributed by atoms with Crippen molar-refractivity contribution in [3.05, 3.63) is 47.3 Å². The number of carbonyl (C=O) groups is 1. The molecule has 1 N–H and O–H groups in total. The van der Waals surface area contributed by atoms with Crippen LogP contribution in [0, 0.1) is 25.2 Å². The molecular weight excluding hydrogens is 286 g/mol. The Bertz CT molecular complexity index is 713. The number of nitrogens with zero attached hydrogens (tertiary/aromatic N) is 1. The zero-order valence-corrected chi connectivity index (χ0v) is 14.4. The molecule has 0 saturated heterocycles. The Hall–Kier alpha value is -1.74. The predicted molar refractivity (Wildman–Crippen MR) is 91.9 cm³/mol. The van der Waals surface area contributed by atoms with E-state index in [4.69, 9.17) is 0 Å². The summed E-state index contributed by atoms with van der Waals surface area (Å²) in [7, 11) is 0. The number of aliphatic hydroxyl groups is 1. The number of ketones is 1. The first-order chi connectivity index (χ1) is 10.7. The maximum atomic E-state index is 12.6. The smallest absolute Gasteiger partial charge is 0.142 e. The molecule has 3 rings (SSSR count). The van der Waals surface area contributed by atoms with Gasteiger partial charge in [-0.25, -0.2) is 0 Å². The first kappa shape index (κ1) is 16.1. The fraction of sp³-hybridized carbons (Fsp3) is 0.500. The van der Waals surface area contributed by atoms with Crippen LogP contribution in [0.5, 0.6) is 0 Å². The fourth-order valence-corrected chi connectivity index (χ4v) is 4.39. The van der Waals surface area contributed by atoms with E-state index in [1.54, 1.807) is 0 Å². The van der Waals surface area contributed by atoms with Crippen LogP contribution in [-0.4, -0.2) is 21.5 Å². The van der Waals surface area contributed by atoms with Gasteiger partial charge in [-0.3, -0.25) is 9.78 Å². The van der Waals surface area contributed by atoms with Crippen LogP contribution in [0.3, 0.4) is 0 Å². The second-order valence-electron chi connectivity index (χ2n) is 7.51. The highest BCUT2D eigenvalue weighted by Gasteiger charge is 2.61. The van der Waals surface area contributed by atoms with Gasteiger partial charge in [0.2, 0.25) is 0 Å². The molecule has 1 fully saturated rings. The van der Waals surface area contributed by atoms with Crippen LogP contribution in [0.25, 0.3) is 5.57 Å². The molecule has 0 unspecified atom stereocenters. The molecule has 1 aromatic rings. The average Bonchev–Trinajstić information content (AvgIpc) is 2.68. The molecule has 23 heavy (non-hydrogen) atoms. The third-order valence-electron chi connectivity index (χ3n) is 5.71. The molecule has 0 aromatic carbocycles. The Morgan fingerprint density at radius 2 is 1.96 bits per heavy atom. The SMILES string of the molecule is C=C(C)[C@H]1C=C(c2cc(C)nc(C)c2)C[C@@]2(C)C(=O)CC[C@@]12O. The number of carbonyl (C=O) groups excluding carboxylic acids is 1. The van der Waals surface area contributed by atoms with Gasteiger partial charge in [0, 0.05) is 23.7 Å². The third-order valence-corrected chi connectivity index (χ3v) is 5.71. The number of allylic oxidation sites excluding steroid dienone is 1. The largest absolute Gasteiger partial charge is 0.388 e. The van der Waals surface area contributed by atoms with E-state index in [0.29, 0.717) is 19.3 Å². The molecule has 1 aromatic heterocycles. The number of fused-ring (bicyclic) bond motifs is 1. The van der Waals surface area contributed by atoms with E-state index in [0.717, 1.165) is 28.1 Å². The van der Waals surface area contributed by atoms with E-state index in [2.05, 4.69) is 29.8 Å². The summed E-state index contributed by atoms with van der Waals surface area (Å²) in [4.78, 5) is 17.0. The van der Waals surface area contributed by atoms with Crippen molar-refractivity contribution in [3.8, 4) is 0 Å². The molecule has 2 aliphatic carbocycles. The van der Waals surface area contributed by atoms with E-state index in [-0.39, 0.29) is 11.7 Å². The van der Waals surface area contributed by atoms with Crippen molar-refractivity contribution in [1.82, 2.24) is 4.98 Å². The van der Waals surface area contributed by atoms with Crippen LogP contribution in [0.2, 0.25) is 0 Å². The van der Waals surface area contributed by atoms with E-state index in [9.17, 15) is 9.90 Å². The Morgan fingerprint density at radius 3 is 2.52 bits per heavy atom. The number of rotatable bonds is 2. The highest BCUT2D eigenvalue weighted by atomic mass is 16.3. The van der Waals surface area contributed by atoms with Gasteiger partial charge < -0.3 is 5.11 Å². The lowest BCUT2D eigenvalue weighted by Gasteiger charge is -2.47. The number of aromatic nitrogens is 1. The lowest BCUT2D eigenvalue weighted by molar-refractivity contribution is -0.138. The molecule has 0 radical (unpaired) electrons. The molecule has 0 aliphatic heterocycles. The lowest BCUT2D eigenvalue weighted by atomic mass is 9.59. The molecule has 122 valence electrons. The summed E-state index contributed by atoms with van der Waals surface area (Å²) < 4.78 is 0. The molecule has 1 saturated carbocycles. The summed E-state index contributed by atoms with van der Waals surface area (Å²) in [6.45, 7) is 11.9. The van der Waals surface area contributed by atoms with Gasteiger partial charge in [-0.05, 0) is 63.8 Å². The number of pyridine rings is 1. The summed E-state index contributed by atoms with van der Waals surface area (Å²) in [5.41, 5.74) is 3.34. The molecule has 3 atom stereocenters. The molecule has 3 heteroatoms. The van der Waals surface area contributed by atoms with Crippen LogP contribution in [0.4, 0.5) is 0 Å². The highest BCUT2D eigenvalue weighted by Crippen LogP contribution is 2.57. The van der Waals surface area contributed by atoms with Crippen molar-refractivity contribution >= 4 is 11.4 Å². The minimum atomic E-state index is -1.00. The molecule has 0 amide bonds. The maximum absolute atomic E-state index is 12.6. The van der Waals surface area contributed by atoms with Gasteiger partial charge in [0.25, 0.3) is 0 Å². The van der Waals surface area contributed by atoms with Crippen LogP contribution < -0.4 is 0 Å². The maximum Gasteiger partial charge on any atom is 0.142 e. The Balaban J connectivity index is 2.16. The van der Waals surface area contributed by atoms with Crippen molar-refractivity contribution in [1.29, 1.82) is 0 Å². The lowest BCUT2D eigenvalue weighted by Crippen LogP contribution is -2.52. The van der Waals surface area contributed by atoms with Crippen LogP contribution in [0.15, 0.2) is 30.4 Å². The first-order valence-electron chi connectivity index (χ1n) is 8.25. The number of aryl methyl sites for hydroxylation is 2. The number of hydrogen-bond acceptors (Lipinski definition) is 3. The fourth-order valence-electron chi connectivity index (χ4n) is 4.39. The monoisotopic (exact) mass is 311 g/mol. The van der Waals surface area contributed by atoms with Crippen LogP contribution >= 0.6 is 0 Å². The van der Waals surface area contributed by atoms with Crippen molar-refractivity contribution in [2.45, 2.75) is 52.6 Å². The zero-order chi connectivity index (χ0) is 17.0. The van der Waals surface area contributed by atoms with Crippen LogP contribution in [-0.2, 0) is 4.79 Å². The van der Waals surface area contributed by atoms with Crippen molar-refractivity contribution in [2.75, 3.05) is 0 Å². The minimum absolute atomic E-state index is 0.166. The summed E-state index contributed by atoms with van der Waals surface area (Å²) in [5.74, 6) is -0.0178. The Kier molecular flexibility index (Phi) is 3.60. The van der Waals surface area contributed by atoms with E-state index < -0.39 is 11.0 Å². The van der Waals surface area contributed by atoms with Crippen LogP contribution in [0.1, 0.15) is 50.1 Å². The first-order valence-corrected chi connectivity index (χ1v) is 8.25. The molecule has 0 spiro atoms. The van der Waals surface area contributed by atoms with Gasteiger partial charge >= 0.3 is 0 Å². The molecular formula is C20H25NO2. The highest BCUT2D eigenvalue weighted by molar-refractivity contribution is 5.92. The van der Waals surface area contributed by atoms with E-state index in [1.165, 1.54) is 0 Å². The molecule has 1 heterocycles. The average molecular weight is 311 g/mol. The molecule has 2 aliphatic rings. The molecule has 3 nitrogen and oxygen atoms in total. The number of hydrogen-bond donors (Lipinski definition) is 1. The summed E-state index contributed by atoms with van der Waals surface area (Å²) in [6, 6.07) is 4.11. The van der Waals surface area contributed by atoms with Gasteiger partial charge in [0.15, 0.2) is 0 Å². The van der Waals surface area contributed by atoms with Gasteiger partial charge in [0.1, 0.15) is 5.78 Å². The summed E-state index contributed by atoms with van der Waals surface area (Å²) in [6.07, 6.45) is 3.68. The summed E-state index contributed by atoms with van der Waals surface area (Å²) >= 11 is 0. The van der Waals surface area contributed by atoms with Gasteiger partial charge in [0.05, 0.1) is 11.0 Å². The standard InChI is InChI=1S/C20H25NO2/c1-12(2)17-10-16(15-8-13(3)21-14(4)9-15)11-19(5)18(22)6-7-20(17,19)23/h8-10,17,23H,1,6-7,11H2,2-5H3/t17-,19+,20-/m1/s1. The van der Waals surface area contributed by atoms with Crippen molar-refractivity contribution in [2.24, 2.45) is 11.3 Å². The quantitative estimate of drug-likeness (QED) is 0.846. The topological polar surface area (TPSA) is 50.2 Å². The van der Waals surface area contributed by atoms with E-state index in [1.807, 2.05) is 27.7 Å². The predicted octanol–water partition coefficient (Wildman–Crippen LogP) is 3.78. The Labute approximate surface area is 138 Å². The van der Waals surface area contributed by atoms with E-state index >= 15 is 0 Å². The normalized spacial score (nSPS) is 33.3. The van der Waals surface area contributed by atoms with Gasteiger partial charge in [-0.15, -0.1) is 0 Å². The van der Waals surface area contributed by atoms with Gasteiger partial charge in [-0.1, -0.05) is 18.2 Å². The summed E-state index contributed by atoms with van der Waals surface area (Å²) in [5, 5.41) is 11.3.